The van der Waals surface area contributed by atoms with E-state index < -0.39 is 4.92 Å². The molecule has 2 aromatic carbocycles. The monoisotopic (exact) mass is 327 g/mol. The molecule has 0 aromatic heterocycles. The molecular formula is C14H11Cl2NO4. The molecule has 0 atom stereocenters. The number of nitro benzene ring substituents is 1. The minimum absolute atomic E-state index is 0.0886. The maximum absolute atomic E-state index is 10.8. The summed E-state index contributed by atoms with van der Waals surface area (Å²) in [6.45, 7) is 0. The Morgan fingerprint density at radius 2 is 1.95 bits per heavy atom. The van der Waals surface area contributed by atoms with Crippen LogP contribution in [0.5, 0.6) is 17.2 Å². The number of nitrogens with zero attached hydrogens (tertiary/aromatic N) is 1. The Bertz CT molecular complexity index is 676. The topological polar surface area (TPSA) is 61.6 Å². The maximum atomic E-state index is 10.8. The van der Waals surface area contributed by atoms with Gasteiger partial charge in [0.05, 0.1) is 18.1 Å². The molecule has 0 aliphatic carbocycles. The van der Waals surface area contributed by atoms with Crippen LogP contribution in [0.3, 0.4) is 0 Å². The predicted molar refractivity (Wildman–Crippen MR) is 80.7 cm³/mol. The number of non-ortho nitro benzene ring substituents is 1. The quantitative estimate of drug-likeness (QED) is 0.450. The van der Waals surface area contributed by atoms with Crippen molar-refractivity contribution < 1.29 is 14.4 Å². The summed E-state index contributed by atoms with van der Waals surface area (Å²) >= 11 is 11.8. The fourth-order valence-electron chi connectivity index (χ4n) is 1.69. The Labute approximate surface area is 131 Å². The second kappa shape index (κ2) is 6.65. The molecule has 0 N–H and O–H groups in total. The molecule has 21 heavy (non-hydrogen) atoms. The molecule has 7 heteroatoms. The number of nitro groups is 1. The summed E-state index contributed by atoms with van der Waals surface area (Å²) in [4.78, 5) is 10.3. The van der Waals surface area contributed by atoms with Crippen molar-refractivity contribution in [2.75, 3.05) is 7.11 Å². The lowest BCUT2D eigenvalue weighted by Gasteiger charge is -2.11. The first-order valence-corrected chi connectivity index (χ1v) is 6.81. The fraction of sp³-hybridized carbons (Fsp3) is 0.143. The minimum Gasteiger partial charge on any atom is -0.493 e. The SMILES string of the molecule is COc1ccc([N+](=O)[O-])cc1Oc1ccc(CCl)c(Cl)c1. The lowest BCUT2D eigenvalue weighted by atomic mass is 10.2. The first kappa shape index (κ1) is 15.4. The zero-order valence-corrected chi connectivity index (χ0v) is 12.5. The van der Waals surface area contributed by atoms with Gasteiger partial charge in [-0.05, 0) is 23.8 Å². The highest BCUT2D eigenvalue weighted by Crippen LogP contribution is 2.36. The molecule has 5 nitrogen and oxygen atoms in total. The third-order valence-electron chi connectivity index (χ3n) is 2.75. The first-order chi connectivity index (χ1) is 10.0. The Balaban J connectivity index is 2.35. The number of halogens is 2. The third-order valence-corrected chi connectivity index (χ3v) is 3.39. The molecule has 0 aliphatic heterocycles. The number of ether oxygens (including phenoxy) is 2. The number of benzene rings is 2. The number of methoxy groups -OCH3 is 1. The summed E-state index contributed by atoms with van der Waals surface area (Å²) in [5.41, 5.74) is 0.686. The van der Waals surface area contributed by atoms with Gasteiger partial charge in [0.15, 0.2) is 11.5 Å². The van der Waals surface area contributed by atoms with Crippen molar-refractivity contribution in [1.29, 1.82) is 0 Å². The predicted octanol–water partition coefficient (Wildman–Crippen LogP) is 4.79. The van der Waals surface area contributed by atoms with E-state index in [0.717, 1.165) is 5.56 Å². The van der Waals surface area contributed by atoms with Crippen molar-refractivity contribution in [3.63, 3.8) is 0 Å². The summed E-state index contributed by atoms with van der Waals surface area (Å²) in [5, 5.41) is 11.3. The van der Waals surface area contributed by atoms with Gasteiger partial charge in [-0.1, -0.05) is 17.7 Å². The summed E-state index contributed by atoms with van der Waals surface area (Å²) in [6, 6.07) is 9.12. The molecule has 0 fully saturated rings. The van der Waals surface area contributed by atoms with Gasteiger partial charge < -0.3 is 9.47 Å². The molecule has 0 amide bonds. The van der Waals surface area contributed by atoms with Crippen molar-refractivity contribution >= 4 is 28.9 Å². The Hall–Kier alpha value is -1.98. The largest absolute Gasteiger partial charge is 0.493 e. The van der Waals surface area contributed by atoms with Crippen LogP contribution in [0.2, 0.25) is 5.02 Å². The van der Waals surface area contributed by atoms with Gasteiger partial charge in [0.2, 0.25) is 0 Å². The number of hydrogen-bond acceptors (Lipinski definition) is 4. The van der Waals surface area contributed by atoms with E-state index in [2.05, 4.69) is 0 Å². The first-order valence-electron chi connectivity index (χ1n) is 5.90. The summed E-state index contributed by atoms with van der Waals surface area (Å²) in [7, 11) is 1.46. The Kier molecular flexibility index (Phi) is 4.88. The molecule has 0 saturated heterocycles. The van der Waals surface area contributed by atoms with Crippen molar-refractivity contribution in [2.24, 2.45) is 0 Å². The van der Waals surface area contributed by atoms with Crippen molar-refractivity contribution in [3.8, 4) is 17.2 Å². The van der Waals surface area contributed by atoms with E-state index in [-0.39, 0.29) is 11.4 Å². The molecule has 0 saturated carbocycles. The van der Waals surface area contributed by atoms with Crippen LogP contribution in [0.25, 0.3) is 0 Å². The van der Waals surface area contributed by atoms with Crippen LogP contribution in [0.1, 0.15) is 5.56 Å². The molecule has 0 unspecified atom stereocenters. The second-order valence-electron chi connectivity index (χ2n) is 4.08. The van der Waals surface area contributed by atoms with Crippen LogP contribution in [-0.2, 0) is 5.88 Å². The van der Waals surface area contributed by atoms with Crippen LogP contribution in [0.4, 0.5) is 5.69 Å². The highest BCUT2D eigenvalue weighted by Gasteiger charge is 2.13. The second-order valence-corrected chi connectivity index (χ2v) is 4.76. The molecule has 0 aliphatic rings. The molecular weight excluding hydrogens is 317 g/mol. The summed E-state index contributed by atoms with van der Waals surface area (Å²) in [5.74, 6) is 1.35. The van der Waals surface area contributed by atoms with E-state index in [1.165, 1.54) is 25.3 Å². The molecule has 110 valence electrons. The highest BCUT2D eigenvalue weighted by molar-refractivity contribution is 6.32. The molecule has 0 bridgehead atoms. The summed E-state index contributed by atoms with van der Waals surface area (Å²) < 4.78 is 10.7. The molecule has 2 rings (SSSR count). The van der Waals surface area contributed by atoms with Crippen LogP contribution >= 0.6 is 23.2 Å². The lowest BCUT2D eigenvalue weighted by molar-refractivity contribution is -0.384. The van der Waals surface area contributed by atoms with Crippen LogP contribution in [0.15, 0.2) is 36.4 Å². The normalized spacial score (nSPS) is 10.2. The van der Waals surface area contributed by atoms with Gasteiger partial charge in [-0.25, -0.2) is 0 Å². The average molecular weight is 328 g/mol. The third kappa shape index (κ3) is 3.56. The molecule has 0 radical (unpaired) electrons. The van der Waals surface area contributed by atoms with Gasteiger partial charge in [-0.2, -0.15) is 0 Å². The highest BCUT2D eigenvalue weighted by atomic mass is 35.5. The van der Waals surface area contributed by atoms with E-state index in [0.29, 0.717) is 22.4 Å². The van der Waals surface area contributed by atoms with Crippen LogP contribution < -0.4 is 9.47 Å². The van der Waals surface area contributed by atoms with Crippen molar-refractivity contribution in [2.45, 2.75) is 5.88 Å². The van der Waals surface area contributed by atoms with Gasteiger partial charge in [-0.15, -0.1) is 11.6 Å². The average Bonchev–Trinajstić information content (AvgIpc) is 2.47. The standard InChI is InChI=1S/C14H11Cl2NO4/c1-20-13-5-3-10(17(18)19)6-14(13)21-11-4-2-9(8-15)12(16)7-11/h2-7H,8H2,1H3. The Morgan fingerprint density at radius 3 is 2.52 bits per heavy atom. The molecule has 0 heterocycles. The smallest absolute Gasteiger partial charge is 0.273 e. The van der Waals surface area contributed by atoms with Crippen molar-refractivity contribution in [1.82, 2.24) is 0 Å². The van der Waals surface area contributed by atoms with Crippen LogP contribution in [-0.4, -0.2) is 12.0 Å². The van der Waals surface area contributed by atoms with Crippen molar-refractivity contribution in [3.05, 3.63) is 57.1 Å². The van der Waals surface area contributed by atoms with E-state index in [1.54, 1.807) is 18.2 Å². The van der Waals surface area contributed by atoms with Gasteiger partial charge in [-0.3, -0.25) is 10.1 Å². The van der Waals surface area contributed by atoms with Crippen LogP contribution in [0, 0.1) is 10.1 Å². The lowest BCUT2D eigenvalue weighted by Crippen LogP contribution is -1.94. The van der Waals surface area contributed by atoms with E-state index in [4.69, 9.17) is 32.7 Å². The van der Waals surface area contributed by atoms with E-state index >= 15 is 0 Å². The fourth-order valence-corrected chi connectivity index (χ4v) is 2.22. The van der Waals surface area contributed by atoms with Gasteiger partial charge >= 0.3 is 0 Å². The number of rotatable bonds is 5. The van der Waals surface area contributed by atoms with Gasteiger partial charge in [0.25, 0.3) is 5.69 Å². The Morgan fingerprint density at radius 1 is 1.19 bits per heavy atom. The zero-order valence-electron chi connectivity index (χ0n) is 11.0. The van der Waals surface area contributed by atoms with E-state index in [9.17, 15) is 10.1 Å². The minimum atomic E-state index is -0.504. The van der Waals surface area contributed by atoms with Gasteiger partial charge in [0.1, 0.15) is 5.75 Å². The van der Waals surface area contributed by atoms with E-state index in [1.807, 2.05) is 0 Å². The van der Waals surface area contributed by atoms with Gasteiger partial charge in [0, 0.05) is 17.0 Å². The summed E-state index contributed by atoms with van der Waals surface area (Å²) in [6.07, 6.45) is 0. The number of alkyl halides is 1. The maximum Gasteiger partial charge on any atom is 0.273 e. The number of hydrogen-bond donors (Lipinski definition) is 0. The molecule has 0 spiro atoms. The zero-order chi connectivity index (χ0) is 15.4. The molecule has 2 aromatic rings.